The van der Waals surface area contributed by atoms with E-state index in [4.69, 9.17) is 0 Å². The molecule has 1 aliphatic rings. The van der Waals surface area contributed by atoms with Crippen molar-refractivity contribution in [1.29, 1.82) is 0 Å². The first-order valence-corrected chi connectivity index (χ1v) is 5.36. The normalized spacial score (nSPS) is 30.7. The monoisotopic (exact) mass is 204 g/mol. The molecule has 4 unspecified atom stereocenters. The lowest BCUT2D eigenvalue weighted by molar-refractivity contribution is 0.315. The van der Waals surface area contributed by atoms with Gasteiger partial charge in [-0.05, 0) is 13.3 Å². The van der Waals surface area contributed by atoms with E-state index in [9.17, 15) is 0 Å². The maximum Gasteiger partial charge on any atom is 0.0432 e. The molecule has 0 aromatic rings. The number of rotatable bonds is 2. The minimum Gasteiger partial charge on any atom is -0.374 e. The fourth-order valence-electron chi connectivity index (χ4n) is 1.46. The van der Waals surface area contributed by atoms with Crippen molar-refractivity contribution in [2.75, 3.05) is 13.6 Å². The van der Waals surface area contributed by atoms with Crippen molar-refractivity contribution >= 4 is 18.6 Å². The Morgan fingerprint density at radius 1 is 1.67 bits per heavy atom. The third-order valence-corrected chi connectivity index (χ3v) is 4.10. The summed E-state index contributed by atoms with van der Waals surface area (Å²) in [6, 6.07) is 0.627. The summed E-state index contributed by atoms with van der Waals surface area (Å²) < 4.78 is 2.29. The van der Waals surface area contributed by atoms with Gasteiger partial charge < -0.3 is 4.90 Å². The van der Waals surface area contributed by atoms with Gasteiger partial charge in [-0.1, -0.05) is 16.0 Å². The Bertz CT molecular complexity index is 174. The summed E-state index contributed by atoms with van der Waals surface area (Å²) in [6.45, 7) is 7.12. The second kappa shape index (κ2) is 4.05. The lowest BCUT2D eigenvalue weighted by atomic mass is 10.2. The Morgan fingerprint density at radius 3 is 2.58 bits per heavy atom. The van der Waals surface area contributed by atoms with Crippen LogP contribution in [0, 0.1) is 0 Å². The standard InChI is InChI=1S/C8H18N2P2/c1-6(2)9(3)7-4-8(11)10(12)5-7/h7-8H,1,4-5,11-12H2,2-3H3. The molecule has 2 nitrogen and oxygen atoms in total. The molecule has 4 atom stereocenters. The first-order valence-electron chi connectivity index (χ1n) is 4.17. The number of hydrogen-bond acceptors (Lipinski definition) is 2. The predicted octanol–water partition coefficient (Wildman–Crippen LogP) is 1.52. The van der Waals surface area contributed by atoms with Gasteiger partial charge in [-0.3, -0.25) is 4.67 Å². The maximum atomic E-state index is 3.94. The minimum absolute atomic E-state index is 0.599. The molecular weight excluding hydrogens is 186 g/mol. The molecule has 1 fully saturated rings. The molecule has 1 rings (SSSR count). The molecule has 0 radical (unpaired) electrons. The molecule has 0 amide bonds. The van der Waals surface area contributed by atoms with E-state index >= 15 is 0 Å². The molecule has 0 aliphatic carbocycles. The zero-order valence-corrected chi connectivity index (χ0v) is 10.1. The molecular formula is C8H18N2P2. The molecule has 4 heteroatoms. The topological polar surface area (TPSA) is 6.48 Å². The van der Waals surface area contributed by atoms with Gasteiger partial charge >= 0.3 is 0 Å². The second-order valence-corrected chi connectivity index (χ2v) is 4.93. The van der Waals surface area contributed by atoms with Crippen LogP contribution in [0.25, 0.3) is 0 Å². The van der Waals surface area contributed by atoms with Gasteiger partial charge in [0, 0.05) is 31.1 Å². The van der Waals surface area contributed by atoms with Crippen molar-refractivity contribution in [2.24, 2.45) is 0 Å². The summed E-state index contributed by atoms with van der Waals surface area (Å²) in [7, 11) is 7.75. The molecule has 0 saturated carbocycles. The van der Waals surface area contributed by atoms with Crippen molar-refractivity contribution in [3.05, 3.63) is 12.3 Å². The van der Waals surface area contributed by atoms with Gasteiger partial charge in [0.1, 0.15) is 0 Å². The Kier molecular flexibility index (Phi) is 3.52. The minimum atomic E-state index is 0.599. The van der Waals surface area contributed by atoms with Crippen LogP contribution in [-0.4, -0.2) is 35.0 Å². The van der Waals surface area contributed by atoms with E-state index in [2.05, 4.69) is 48.8 Å². The van der Waals surface area contributed by atoms with Crippen LogP contribution in [0.5, 0.6) is 0 Å². The Morgan fingerprint density at radius 2 is 2.25 bits per heavy atom. The summed E-state index contributed by atoms with van der Waals surface area (Å²) in [6.07, 6.45) is 1.21. The SMILES string of the molecule is C=C(C)N(C)C1CC(P)N(P)C1. The van der Waals surface area contributed by atoms with E-state index in [-0.39, 0.29) is 0 Å². The Labute approximate surface area is 79.8 Å². The third-order valence-electron chi connectivity index (χ3n) is 2.51. The van der Waals surface area contributed by atoms with Crippen LogP contribution in [0.2, 0.25) is 0 Å². The molecule has 0 N–H and O–H groups in total. The van der Waals surface area contributed by atoms with E-state index in [1.807, 2.05) is 0 Å². The molecule has 0 bridgehead atoms. The van der Waals surface area contributed by atoms with Gasteiger partial charge in [0.2, 0.25) is 0 Å². The van der Waals surface area contributed by atoms with Crippen LogP contribution in [0.1, 0.15) is 13.3 Å². The number of nitrogens with zero attached hydrogens (tertiary/aromatic N) is 2. The second-order valence-electron chi connectivity index (χ2n) is 3.50. The van der Waals surface area contributed by atoms with E-state index in [1.165, 1.54) is 6.42 Å². The molecule has 0 aromatic heterocycles. The fraction of sp³-hybridized carbons (Fsp3) is 0.750. The molecule has 1 saturated heterocycles. The van der Waals surface area contributed by atoms with Crippen LogP contribution in [0.15, 0.2) is 12.3 Å². The molecule has 1 aliphatic heterocycles. The lowest BCUT2D eigenvalue weighted by Gasteiger charge is -2.26. The lowest BCUT2D eigenvalue weighted by Crippen LogP contribution is -2.31. The van der Waals surface area contributed by atoms with E-state index < -0.39 is 0 Å². The Hall–Kier alpha value is 0.360. The van der Waals surface area contributed by atoms with Gasteiger partial charge in [0.15, 0.2) is 0 Å². The number of hydrogen-bond donors (Lipinski definition) is 0. The van der Waals surface area contributed by atoms with Crippen molar-refractivity contribution < 1.29 is 0 Å². The molecule has 0 spiro atoms. The first-order chi connectivity index (χ1) is 5.52. The van der Waals surface area contributed by atoms with Gasteiger partial charge in [-0.2, -0.15) is 0 Å². The zero-order chi connectivity index (χ0) is 9.30. The first kappa shape index (κ1) is 10.4. The quantitative estimate of drug-likeness (QED) is 0.629. The van der Waals surface area contributed by atoms with Gasteiger partial charge in [0.05, 0.1) is 0 Å². The van der Waals surface area contributed by atoms with Crippen molar-refractivity contribution in [2.45, 2.75) is 25.2 Å². The summed E-state index contributed by atoms with van der Waals surface area (Å²) >= 11 is 0. The van der Waals surface area contributed by atoms with Crippen LogP contribution in [0.3, 0.4) is 0 Å². The largest absolute Gasteiger partial charge is 0.374 e. The van der Waals surface area contributed by atoms with Crippen molar-refractivity contribution in [3.8, 4) is 0 Å². The molecule has 1 heterocycles. The van der Waals surface area contributed by atoms with Gasteiger partial charge in [-0.25, -0.2) is 0 Å². The number of likely N-dealkylation sites (N-methyl/N-ethyl adjacent to an activating group) is 1. The highest BCUT2D eigenvalue weighted by Gasteiger charge is 2.28. The van der Waals surface area contributed by atoms with E-state index in [0.717, 1.165) is 12.2 Å². The van der Waals surface area contributed by atoms with Crippen LogP contribution >= 0.6 is 18.6 Å². The van der Waals surface area contributed by atoms with E-state index in [1.54, 1.807) is 0 Å². The Balaban J connectivity index is 2.51. The smallest absolute Gasteiger partial charge is 0.0432 e. The maximum absolute atomic E-state index is 3.94. The summed E-state index contributed by atoms with van der Waals surface area (Å²) in [5.41, 5.74) is 1.15. The van der Waals surface area contributed by atoms with E-state index in [0.29, 0.717) is 11.8 Å². The highest BCUT2D eigenvalue weighted by molar-refractivity contribution is 7.20. The van der Waals surface area contributed by atoms with Crippen LogP contribution in [0.4, 0.5) is 0 Å². The molecule has 0 aromatic carbocycles. The summed E-state index contributed by atoms with van der Waals surface area (Å²) in [4.78, 5) is 2.26. The molecule has 12 heavy (non-hydrogen) atoms. The average Bonchev–Trinajstić information content (AvgIpc) is 2.30. The summed E-state index contributed by atoms with van der Waals surface area (Å²) in [5, 5.41) is 0. The fourth-order valence-corrected chi connectivity index (χ4v) is 2.26. The third kappa shape index (κ3) is 2.19. The van der Waals surface area contributed by atoms with Crippen LogP contribution < -0.4 is 0 Å². The average molecular weight is 204 g/mol. The zero-order valence-electron chi connectivity index (χ0n) is 7.83. The highest BCUT2D eigenvalue weighted by atomic mass is 31.0. The highest BCUT2D eigenvalue weighted by Crippen LogP contribution is 2.29. The number of allylic oxidation sites excluding steroid dienone is 1. The molecule has 70 valence electrons. The van der Waals surface area contributed by atoms with Crippen molar-refractivity contribution in [1.82, 2.24) is 9.57 Å². The summed E-state index contributed by atoms with van der Waals surface area (Å²) in [5.74, 6) is 0.599. The predicted molar refractivity (Wildman–Crippen MR) is 60.9 cm³/mol. The van der Waals surface area contributed by atoms with Crippen molar-refractivity contribution in [3.63, 3.8) is 0 Å². The van der Waals surface area contributed by atoms with Gasteiger partial charge in [-0.15, -0.1) is 9.24 Å². The van der Waals surface area contributed by atoms with Crippen LogP contribution in [-0.2, 0) is 0 Å². The van der Waals surface area contributed by atoms with Gasteiger partial charge in [0.25, 0.3) is 0 Å².